The van der Waals surface area contributed by atoms with E-state index < -0.39 is 9.05 Å². The van der Waals surface area contributed by atoms with Gasteiger partial charge < -0.3 is 5.11 Å². The third-order valence-electron chi connectivity index (χ3n) is 2.17. The summed E-state index contributed by atoms with van der Waals surface area (Å²) in [6.45, 7) is 0. The van der Waals surface area contributed by atoms with E-state index in [0.29, 0.717) is 10.7 Å². The second kappa shape index (κ2) is 6.01. The molecular weight excluding hydrogens is 343 g/mol. The number of phenolic OH excluding ortho intramolecular Hbond substituents is 1. The van der Waals surface area contributed by atoms with Gasteiger partial charge in [0.15, 0.2) is 15.1 Å². The summed E-state index contributed by atoms with van der Waals surface area (Å²) in [7, 11) is 1.33. The summed E-state index contributed by atoms with van der Waals surface area (Å²) in [4.78, 5) is 4.33. The molecule has 0 aliphatic rings. The van der Waals surface area contributed by atoms with Gasteiger partial charge in [-0.15, -0.1) is 11.3 Å². The van der Waals surface area contributed by atoms with Crippen molar-refractivity contribution in [3.8, 4) is 5.75 Å². The minimum Gasteiger partial charge on any atom is -0.508 e. The van der Waals surface area contributed by atoms with E-state index in [9.17, 15) is 8.42 Å². The summed E-state index contributed by atoms with van der Waals surface area (Å²) in [5.41, 5.74) is 0. The highest BCUT2D eigenvalue weighted by Gasteiger charge is 2.22. The molecule has 0 unspecified atom stereocenters. The van der Waals surface area contributed by atoms with Gasteiger partial charge in [0.1, 0.15) is 5.75 Å². The summed E-state index contributed by atoms with van der Waals surface area (Å²) >= 11 is 6.89. The number of halogens is 2. The van der Waals surface area contributed by atoms with E-state index in [1.165, 1.54) is 15.7 Å². The molecule has 0 aliphatic carbocycles. The van der Waals surface area contributed by atoms with Crippen LogP contribution in [-0.4, -0.2) is 22.9 Å². The Morgan fingerprint density at radius 1 is 1.25 bits per heavy atom. The zero-order chi connectivity index (χ0) is 14.8. The van der Waals surface area contributed by atoms with Gasteiger partial charge in [-0.1, -0.05) is 29.8 Å². The first-order chi connectivity index (χ1) is 9.39. The lowest BCUT2D eigenvalue weighted by atomic mass is 10.3. The number of fused-ring (bicyclic) bond motifs is 1. The maximum absolute atomic E-state index is 11.1. The average Bonchev–Trinajstić information content (AvgIpc) is 2.88. The molecule has 0 fully saturated rings. The molecule has 0 radical (unpaired) electrons. The maximum Gasteiger partial charge on any atom is 0.280 e. The standard InChI is InChI=1S/C6H6O.C5H2Cl2N2O2S2/c7-6-4-2-1-3-5-6;6-3-4(13(7,10)11)9-1-2-12-5(9)8-3/h1-5,7H;1-2H. The molecule has 0 atom stereocenters. The van der Waals surface area contributed by atoms with Crippen LogP contribution in [0.5, 0.6) is 5.75 Å². The number of nitrogens with zero attached hydrogens (tertiary/aromatic N) is 2. The van der Waals surface area contributed by atoms with Gasteiger partial charge in [-0.25, -0.2) is 13.4 Å². The van der Waals surface area contributed by atoms with Crippen molar-refractivity contribution in [2.24, 2.45) is 0 Å². The Hall–Kier alpha value is -1.28. The van der Waals surface area contributed by atoms with Crippen LogP contribution < -0.4 is 0 Å². The first-order valence-electron chi connectivity index (χ1n) is 5.19. The largest absolute Gasteiger partial charge is 0.508 e. The van der Waals surface area contributed by atoms with Crippen LogP contribution in [0.1, 0.15) is 0 Å². The quantitative estimate of drug-likeness (QED) is 0.683. The predicted molar refractivity (Wildman–Crippen MR) is 79.2 cm³/mol. The van der Waals surface area contributed by atoms with Crippen LogP contribution in [0.2, 0.25) is 5.15 Å². The molecule has 9 heteroatoms. The number of aromatic hydroxyl groups is 1. The van der Waals surface area contributed by atoms with Gasteiger partial charge in [0.25, 0.3) is 9.05 Å². The van der Waals surface area contributed by atoms with Crippen LogP contribution >= 0.6 is 33.6 Å². The van der Waals surface area contributed by atoms with E-state index >= 15 is 0 Å². The number of rotatable bonds is 1. The molecular formula is C11H8Cl2N2O3S2. The SMILES string of the molecule is O=S(=O)(Cl)c1c(Cl)nc2sccn12.Oc1ccccc1. The van der Waals surface area contributed by atoms with Gasteiger partial charge in [0.2, 0.25) is 0 Å². The monoisotopic (exact) mass is 350 g/mol. The Balaban J connectivity index is 0.000000178. The Kier molecular flexibility index (Phi) is 4.54. The second-order valence-corrected chi connectivity index (χ2v) is 7.25. The first kappa shape index (κ1) is 15.1. The number of aromatic nitrogens is 2. The molecule has 2 aromatic heterocycles. The third-order valence-corrected chi connectivity index (χ3v) is 4.59. The molecule has 0 saturated heterocycles. The average molecular weight is 351 g/mol. The van der Waals surface area contributed by atoms with Gasteiger partial charge in [-0.3, -0.25) is 4.40 Å². The maximum atomic E-state index is 11.1. The van der Waals surface area contributed by atoms with Crippen molar-refractivity contribution in [2.45, 2.75) is 5.03 Å². The lowest BCUT2D eigenvalue weighted by Crippen LogP contribution is -1.95. The van der Waals surface area contributed by atoms with Gasteiger partial charge in [-0.2, -0.15) is 0 Å². The Bertz CT molecular complexity index is 813. The molecule has 20 heavy (non-hydrogen) atoms. The predicted octanol–water partition coefficient (Wildman–Crippen LogP) is 3.37. The lowest BCUT2D eigenvalue weighted by molar-refractivity contribution is 0.475. The molecule has 0 bridgehead atoms. The molecule has 3 aromatic rings. The van der Waals surface area contributed by atoms with E-state index in [0.717, 1.165) is 0 Å². The van der Waals surface area contributed by atoms with Crippen LogP contribution in [0, 0.1) is 0 Å². The molecule has 106 valence electrons. The highest BCUT2D eigenvalue weighted by Crippen LogP contribution is 2.27. The molecule has 2 heterocycles. The molecule has 0 aliphatic heterocycles. The smallest absolute Gasteiger partial charge is 0.280 e. The van der Waals surface area contributed by atoms with Gasteiger partial charge in [0.05, 0.1) is 0 Å². The molecule has 0 saturated carbocycles. The van der Waals surface area contributed by atoms with E-state index in [4.69, 9.17) is 27.4 Å². The Labute approximate surface area is 128 Å². The van der Waals surface area contributed by atoms with Crippen molar-refractivity contribution in [3.63, 3.8) is 0 Å². The Morgan fingerprint density at radius 2 is 1.90 bits per heavy atom. The van der Waals surface area contributed by atoms with Crippen LogP contribution in [0.15, 0.2) is 46.9 Å². The number of benzene rings is 1. The summed E-state index contributed by atoms with van der Waals surface area (Å²) in [6, 6.07) is 8.71. The topological polar surface area (TPSA) is 71.7 Å². The fraction of sp³-hybridized carbons (Fsp3) is 0. The van der Waals surface area contributed by atoms with Crippen LogP contribution in [0.3, 0.4) is 0 Å². The number of phenols is 1. The summed E-state index contributed by atoms with van der Waals surface area (Å²) in [5.74, 6) is 0.322. The van der Waals surface area contributed by atoms with Gasteiger partial charge in [-0.05, 0) is 12.1 Å². The molecule has 0 spiro atoms. The van der Waals surface area contributed by atoms with E-state index in [1.807, 2.05) is 6.07 Å². The molecule has 0 amide bonds. The van der Waals surface area contributed by atoms with E-state index in [-0.39, 0.29) is 10.2 Å². The summed E-state index contributed by atoms with van der Waals surface area (Å²) < 4.78 is 23.4. The van der Waals surface area contributed by atoms with Crippen LogP contribution in [0.4, 0.5) is 0 Å². The normalized spacial score (nSPS) is 11.1. The zero-order valence-corrected chi connectivity index (χ0v) is 12.9. The number of thiazole rings is 1. The fourth-order valence-electron chi connectivity index (χ4n) is 1.38. The molecule has 1 aromatic carbocycles. The number of hydrogen-bond donors (Lipinski definition) is 1. The van der Waals surface area contributed by atoms with Crippen LogP contribution in [0.25, 0.3) is 4.96 Å². The number of hydrogen-bond acceptors (Lipinski definition) is 5. The summed E-state index contributed by atoms with van der Waals surface area (Å²) in [6.07, 6.45) is 1.55. The highest BCUT2D eigenvalue weighted by molar-refractivity contribution is 8.13. The molecule has 3 rings (SSSR count). The zero-order valence-electron chi connectivity index (χ0n) is 9.77. The minimum absolute atomic E-state index is 0.0955. The van der Waals surface area contributed by atoms with Gasteiger partial charge >= 0.3 is 0 Å². The third kappa shape index (κ3) is 3.43. The summed E-state index contributed by atoms with van der Waals surface area (Å²) in [5, 5.41) is 10.1. The lowest BCUT2D eigenvalue weighted by Gasteiger charge is -1.91. The minimum atomic E-state index is -3.84. The van der Waals surface area contributed by atoms with Crippen molar-refractivity contribution in [2.75, 3.05) is 0 Å². The van der Waals surface area contributed by atoms with E-state index in [1.54, 1.807) is 35.8 Å². The number of para-hydroxylation sites is 1. The number of imidazole rings is 1. The first-order valence-corrected chi connectivity index (χ1v) is 8.76. The molecule has 1 N–H and O–H groups in total. The van der Waals surface area contributed by atoms with Crippen molar-refractivity contribution < 1.29 is 13.5 Å². The van der Waals surface area contributed by atoms with Crippen LogP contribution in [-0.2, 0) is 9.05 Å². The Morgan fingerprint density at radius 3 is 2.40 bits per heavy atom. The van der Waals surface area contributed by atoms with Crippen molar-refractivity contribution >= 4 is 47.6 Å². The second-order valence-electron chi connectivity index (χ2n) is 3.54. The molecule has 5 nitrogen and oxygen atoms in total. The van der Waals surface area contributed by atoms with Gasteiger partial charge in [0, 0.05) is 22.3 Å². The van der Waals surface area contributed by atoms with Crippen molar-refractivity contribution in [1.82, 2.24) is 9.38 Å². The van der Waals surface area contributed by atoms with Crippen molar-refractivity contribution in [3.05, 3.63) is 47.1 Å². The highest BCUT2D eigenvalue weighted by atomic mass is 35.7. The van der Waals surface area contributed by atoms with E-state index in [2.05, 4.69) is 4.98 Å². The fourth-order valence-corrected chi connectivity index (χ4v) is 3.87. The van der Waals surface area contributed by atoms with Crippen molar-refractivity contribution in [1.29, 1.82) is 0 Å².